The fourth-order valence-electron chi connectivity index (χ4n) is 5.21. The molecule has 3 heterocycles. The standard InChI is InChI=1S/C14H27NO6.2C12H24O6/c1-7(2)14(4,5)21-13-10(15-8(3)17)12(19)11(18)9(6-16)20-13;2*1-6(2)12(3,4)18-11-10(16)9(15)8(14)7(5-13)17-11/h7,9-13,16,18-19H,6H2,1-5H3,(H,15,17);2*6-11,13-16H,5H2,1-4H3/t9?,10?,11-,12+,13-;7?,8-,9+,10?,11-;7?,8-,9-,10?,11-/m010/s1. The van der Waals surface area contributed by atoms with E-state index in [0.717, 1.165) is 0 Å². The van der Waals surface area contributed by atoms with Crippen LogP contribution in [0.1, 0.15) is 90.0 Å². The van der Waals surface area contributed by atoms with Gasteiger partial charge in [0.2, 0.25) is 5.91 Å². The van der Waals surface area contributed by atoms with Crippen molar-refractivity contribution in [2.75, 3.05) is 19.8 Å². The zero-order valence-corrected chi connectivity index (χ0v) is 35.8. The molecule has 0 aromatic carbocycles. The minimum Gasteiger partial charge on any atom is -0.394 e. The van der Waals surface area contributed by atoms with Crippen molar-refractivity contribution in [3.8, 4) is 0 Å². The van der Waals surface area contributed by atoms with Gasteiger partial charge >= 0.3 is 0 Å². The van der Waals surface area contributed by atoms with E-state index < -0.39 is 129 Å². The number of amides is 1. The van der Waals surface area contributed by atoms with Crippen molar-refractivity contribution < 1.29 is 89.4 Å². The van der Waals surface area contributed by atoms with Gasteiger partial charge in [-0.2, -0.15) is 0 Å². The molecule has 340 valence electrons. The molecule has 0 aromatic rings. The van der Waals surface area contributed by atoms with Gasteiger partial charge < -0.3 is 89.9 Å². The van der Waals surface area contributed by atoms with E-state index in [2.05, 4.69) is 5.32 Å². The van der Waals surface area contributed by atoms with Crippen LogP contribution in [0.2, 0.25) is 0 Å². The summed E-state index contributed by atoms with van der Waals surface area (Å²) >= 11 is 0. The molecule has 15 atom stereocenters. The topological polar surface area (TPSA) is 307 Å². The Hall–Kier alpha value is -1.21. The summed E-state index contributed by atoms with van der Waals surface area (Å²) in [6.07, 6.45) is -16.7. The maximum atomic E-state index is 11.3. The van der Waals surface area contributed by atoms with Crippen LogP contribution in [0.5, 0.6) is 0 Å². The van der Waals surface area contributed by atoms with Crippen LogP contribution < -0.4 is 5.32 Å². The molecule has 0 spiro atoms. The molecule has 19 nitrogen and oxygen atoms in total. The molecule has 0 aliphatic carbocycles. The molecule has 3 fully saturated rings. The largest absolute Gasteiger partial charge is 0.394 e. The van der Waals surface area contributed by atoms with E-state index in [1.807, 2.05) is 83.1 Å². The monoisotopic (exact) mass is 833 g/mol. The van der Waals surface area contributed by atoms with Crippen LogP contribution >= 0.6 is 0 Å². The number of aliphatic hydroxyl groups is 11. The van der Waals surface area contributed by atoms with E-state index in [0.29, 0.717) is 0 Å². The number of ether oxygens (including phenoxy) is 6. The van der Waals surface area contributed by atoms with Gasteiger partial charge in [0.05, 0.1) is 36.6 Å². The van der Waals surface area contributed by atoms with Crippen LogP contribution in [0.15, 0.2) is 0 Å². The Morgan fingerprint density at radius 2 is 0.754 bits per heavy atom. The predicted molar refractivity (Wildman–Crippen MR) is 203 cm³/mol. The Labute approximate surface area is 336 Å². The predicted octanol–water partition coefficient (Wildman–Crippen LogP) is -2.14. The first-order valence-electron chi connectivity index (χ1n) is 19.5. The summed E-state index contributed by atoms with van der Waals surface area (Å²) in [5.74, 6) is 0.138. The van der Waals surface area contributed by atoms with Crippen LogP contribution in [-0.4, -0.2) is 191 Å². The van der Waals surface area contributed by atoms with Gasteiger partial charge in [0.15, 0.2) is 18.9 Å². The second kappa shape index (κ2) is 22.6. The van der Waals surface area contributed by atoms with Gasteiger partial charge in [0, 0.05) is 6.92 Å². The van der Waals surface area contributed by atoms with E-state index in [1.165, 1.54) is 6.92 Å². The number of hydrogen-bond acceptors (Lipinski definition) is 18. The molecule has 3 aliphatic rings. The van der Waals surface area contributed by atoms with Crippen molar-refractivity contribution in [2.24, 2.45) is 17.8 Å². The molecule has 1 amide bonds. The van der Waals surface area contributed by atoms with Gasteiger partial charge in [0.25, 0.3) is 0 Å². The lowest BCUT2D eigenvalue weighted by Crippen LogP contribution is -2.65. The van der Waals surface area contributed by atoms with Crippen molar-refractivity contribution in [3.63, 3.8) is 0 Å². The third-order valence-corrected chi connectivity index (χ3v) is 11.4. The molecule has 3 rings (SSSR count). The number of rotatable bonds is 13. The first-order chi connectivity index (χ1) is 26.0. The quantitative estimate of drug-likeness (QED) is 0.0942. The molecule has 0 saturated carbocycles. The second-order valence-corrected chi connectivity index (χ2v) is 17.5. The summed E-state index contributed by atoms with van der Waals surface area (Å²) in [5, 5.41) is 108. The molecule has 0 radical (unpaired) electrons. The smallest absolute Gasteiger partial charge is 0.217 e. The average Bonchev–Trinajstić information content (AvgIpc) is 3.11. The maximum absolute atomic E-state index is 11.3. The summed E-state index contributed by atoms with van der Waals surface area (Å²) in [6.45, 7) is 22.9. The van der Waals surface area contributed by atoms with E-state index in [-0.39, 0.29) is 23.7 Å². The lowest BCUT2D eigenvalue weighted by atomic mass is 9.93. The number of carbonyl (C=O) groups excluding carboxylic acids is 1. The van der Waals surface area contributed by atoms with Crippen LogP contribution in [0.3, 0.4) is 0 Å². The highest BCUT2D eigenvalue weighted by Crippen LogP contribution is 2.32. The number of carbonyl (C=O) groups is 1. The number of aliphatic hydroxyl groups excluding tert-OH is 11. The van der Waals surface area contributed by atoms with Gasteiger partial charge in [-0.3, -0.25) is 4.79 Å². The summed E-state index contributed by atoms with van der Waals surface area (Å²) in [7, 11) is 0. The van der Waals surface area contributed by atoms with Crippen LogP contribution in [0.25, 0.3) is 0 Å². The Kier molecular flexibility index (Phi) is 21.3. The molecular weight excluding hydrogens is 758 g/mol. The minimum absolute atomic E-state index is 0.163. The summed E-state index contributed by atoms with van der Waals surface area (Å²) in [6, 6.07) is -0.904. The van der Waals surface area contributed by atoms with Gasteiger partial charge in [-0.05, 0) is 59.3 Å². The molecule has 6 unspecified atom stereocenters. The van der Waals surface area contributed by atoms with Gasteiger partial charge in [0.1, 0.15) is 73.2 Å². The van der Waals surface area contributed by atoms with E-state index in [1.54, 1.807) is 0 Å². The summed E-state index contributed by atoms with van der Waals surface area (Å²) in [5.41, 5.74) is -1.69. The molecule has 0 bridgehead atoms. The minimum atomic E-state index is -1.40. The molecule has 19 heteroatoms. The number of nitrogens with one attached hydrogen (secondary N) is 1. The highest BCUT2D eigenvalue weighted by atomic mass is 16.7. The lowest BCUT2D eigenvalue weighted by Gasteiger charge is -2.45. The van der Waals surface area contributed by atoms with Gasteiger partial charge in [-0.15, -0.1) is 0 Å². The van der Waals surface area contributed by atoms with Crippen molar-refractivity contribution in [2.45, 2.75) is 199 Å². The normalized spacial score (nSPS) is 36.6. The first kappa shape index (κ1) is 53.8. The Morgan fingerprint density at radius 1 is 0.491 bits per heavy atom. The molecule has 57 heavy (non-hydrogen) atoms. The fourth-order valence-corrected chi connectivity index (χ4v) is 5.21. The van der Waals surface area contributed by atoms with Crippen molar-refractivity contribution in [1.29, 1.82) is 0 Å². The SMILES string of the molecule is CC(=O)NC1[C@H](OC(C)(C)C(C)C)OC(CO)[C@H](O)[C@@H]1O.CC(C)C(C)(C)O[C@@H]1OC(CO)[C@H](O)[C@H](O)C1O.CC(C)C(C)(C)O[C@H]1OC(CO)[C@@H](O)[C@H](O)C1O. The molecule has 0 aromatic heterocycles. The van der Waals surface area contributed by atoms with Gasteiger partial charge in [-0.1, -0.05) is 41.5 Å². The third kappa shape index (κ3) is 14.7. The molecule has 3 saturated heterocycles. The maximum Gasteiger partial charge on any atom is 0.217 e. The highest BCUT2D eigenvalue weighted by molar-refractivity contribution is 5.73. The fraction of sp³-hybridized carbons (Fsp3) is 0.974. The lowest BCUT2D eigenvalue weighted by molar-refractivity contribution is -0.327. The number of hydrogen-bond donors (Lipinski definition) is 12. The summed E-state index contributed by atoms with van der Waals surface area (Å²) < 4.78 is 33.3. The Balaban J connectivity index is 0.000000429. The Morgan fingerprint density at radius 3 is 1.02 bits per heavy atom. The zero-order valence-electron chi connectivity index (χ0n) is 35.8. The van der Waals surface area contributed by atoms with Gasteiger partial charge in [-0.25, -0.2) is 0 Å². The van der Waals surface area contributed by atoms with E-state index in [4.69, 9.17) is 38.6 Å². The van der Waals surface area contributed by atoms with Crippen molar-refractivity contribution in [3.05, 3.63) is 0 Å². The summed E-state index contributed by atoms with van der Waals surface area (Å²) in [4.78, 5) is 11.3. The van der Waals surface area contributed by atoms with Crippen LogP contribution in [0, 0.1) is 17.8 Å². The zero-order chi connectivity index (χ0) is 44.5. The van der Waals surface area contributed by atoms with Crippen LogP contribution in [0.4, 0.5) is 0 Å². The highest BCUT2D eigenvalue weighted by Gasteiger charge is 2.49. The van der Waals surface area contributed by atoms with Crippen molar-refractivity contribution in [1.82, 2.24) is 5.32 Å². The van der Waals surface area contributed by atoms with Crippen molar-refractivity contribution >= 4 is 5.91 Å². The van der Waals surface area contributed by atoms with E-state index >= 15 is 0 Å². The average molecular weight is 834 g/mol. The molecule has 3 aliphatic heterocycles. The molecular formula is C38H75NO18. The Bertz CT molecular complexity index is 1110. The first-order valence-corrected chi connectivity index (χ1v) is 19.5. The second-order valence-electron chi connectivity index (χ2n) is 17.5. The van der Waals surface area contributed by atoms with Crippen LogP contribution in [-0.2, 0) is 33.2 Å². The van der Waals surface area contributed by atoms with E-state index in [9.17, 15) is 50.8 Å². The molecule has 12 N–H and O–H groups in total. The third-order valence-electron chi connectivity index (χ3n) is 11.4.